The van der Waals surface area contributed by atoms with Crippen LogP contribution in [-0.2, 0) is 16.1 Å². The summed E-state index contributed by atoms with van der Waals surface area (Å²) in [7, 11) is 1.60. The molecule has 0 unspecified atom stereocenters. The number of nitrogens with zero attached hydrogens (tertiary/aromatic N) is 2. The van der Waals surface area contributed by atoms with Crippen molar-refractivity contribution in [1.82, 2.24) is 9.80 Å². The molecule has 2 amide bonds. The van der Waals surface area contributed by atoms with E-state index in [-0.39, 0.29) is 18.1 Å². The highest BCUT2D eigenvalue weighted by molar-refractivity contribution is 5.94. The molecule has 0 aliphatic carbocycles. The minimum absolute atomic E-state index is 0.0537. The van der Waals surface area contributed by atoms with Crippen LogP contribution in [-0.4, -0.2) is 67.8 Å². The van der Waals surface area contributed by atoms with Gasteiger partial charge >= 0.3 is 6.09 Å². The number of amides is 2. The molecule has 1 aliphatic heterocycles. The number of hydrogen-bond acceptors (Lipinski definition) is 5. The summed E-state index contributed by atoms with van der Waals surface area (Å²) in [6.07, 6.45) is -0.229. The highest BCUT2D eigenvalue weighted by atomic mass is 16.6. The molecule has 0 spiro atoms. The van der Waals surface area contributed by atoms with E-state index in [0.29, 0.717) is 50.7 Å². The van der Waals surface area contributed by atoms with Gasteiger partial charge in [-0.3, -0.25) is 4.79 Å². The Hall–Kier alpha value is -2.28. The van der Waals surface area contributed by atoms with Crippen molar-refractivity contribution in [2.45, 2.75) is 33.5 Å². The molecule has 7 heteroatoms. The lowest BCUT2D eigenvalue weighted by Gasteiger charge is -2.34. The first-order valence-corrected chi connectivity index (χ1v) is 8.95. The van der Waals surface area contributed by atoms with Gasteiger partial charge in [0.1, 0.15) is 5.75 Å². The lowest BCUT2D eigenvalue weighted by molar-refractivity contribution is 0.0567. The Labute approximate surface area is 154 Å². The van der Waals surface area contributed by atoms with Crippen LogP contribution in [0.25, 0.3) is 0 Å². The molecule has 0 radical (unpaired) electrons. The summed E-state index contributed by atoms with van der Waals surface area (Å²) >= 11 is 0. The van der Waals surface area contributed by atoms with Gasteiger partial charge in [-0.25, -0.2) is 4.79 Å². The fourth-order valence-electron chi connectivity index (χ4n) is 2.77. The van der Waals surface area contributed by atoms with Gasteiger partial charge in [0.05, 0.1) is 26.4 Å². The molecule has 0 N–H and O–H groups in total. The number of methoxy groups -OCH3 is 1. The number of carbonyl (C=O) groups excluding carboxylic acids is 2. The highest BCUT2D eigenvalue weighted by Gasteiger charge is 2.26. The van der Waals surface area contributed by atoms with Crippen molar-refractivity contribution in [3.8, 4) is 5.75 Å². The number of ether oxygens (including phenoxy) is 3. The molecule has 2 rings (SSSR count). The first-order valence-electron chi connectivity index (χ1n) is 8.95. The van der Waals surface area contributed by atoms with Crippen molar-refractivity contribution in [1.29, 1.82) is 0 Å². The van der Waals surface area contributed by atoms with Crippen LogP contribution in [0.2, 0.25) is 0 Å². The van der Waals surface area contributed by atoms with Crippen molar-refractivity contribution in [2.24, 2.45) is 0 Å². The fraction of sp³-hybridized carbons (Fsp3) is 0.579. The van der Waals surface area contributed by atoms with Crippen LogP contribution < -0.4 is 4.74 Å². The second kappa shape index (κ2) is 9.43. The van der Waals surface area contributed by atoms with E-state index in [4.69, 9.17) is 14.2 Å². The van der Waals surface area contributed by atoms with Gasteiger partial charge in [-0.2, -0.15) is 0 Å². The average Bonchev–Trinajstić information content (AvgIpc) is 2.65. The minimum atomic E-state index is -0.322. The largest absolute Gasteiger partial charge is 0.496 e. The number of benzene rings is 1. The van der Waals surface area contributed by atoms with Gasteiger partial charge in [0.15, 0.2) is 0 Å². The van der Waals surface area contributed by atoms with Gasteiger partial charge in [-0.1, -0.05) is 0 Å². The van der Waals surface area contributed by atoms with E-state index in [0.717, 1.165) is 5.56 Å². The Morgan fingerprint density at radius 3 is 2.35 bits per heavy atom. The minimum Gasteiger partial charge on any atom is -0.496 e. The maximum atomic E-state index is 12.8. The maximum Gasteiger partial charge on any atom is 0.409 e. The molecule has 1 saturated heterocycles. The summed E-state index contributed by atoms with van der Waals surface area (Å²) in [5, 5.41) is 0. The van der Waals surface area contributed by atoms with E-state index in [1.54, 1.807) is 36.0 Å². The SMILES string of the molecule is CCOC(=O)N1CCN(C(=O)c2ccc(OC)c(COC(C)C)c2)CC1. The molecule has 7 nitrogen and oxygen atoms in total. The van der Waals surface area contributed by atoms with Gasteiger partial charge in [0.25, 0.3) is 5.91 Å². The van der Waals surface area contributed by atoms with Gasteiger partial charge < -0.3 is 24.0 Å². The summed E-state index contributed by atoms with van der Waals surface area (Å²) in [6.45, 7) is 8.37. The maximum absolute atomic E-state index is 12.8. The van der Waals surface area contributed by atoms with Crippen LogP contribution in [0.1, 0.15) is 36.7 Å². The summed E-state index contributed by atoms with van der Waals surface area (Å²) in [5.74, 6) is 0.649. The van der Waals surface area contributed by atoms with Crippen LogP contribution in [0.5, 0.6) is 5.75 Å². The van der Waals surface area contributed by atoms with E-state index in [1.807, 2.05) is 19.9 Å². The molecular weight excluding hydrogens is 336 g/mol. The first kappa shape index (κ1) is 20.0. The lowest BCUT2D eigenvalue weighted by atomic mass is 10.1. The molecule has 0 aromatic heterocycles. The molecule has 144 valence electrons. The van der Waals surface area contributed by atoms with Gasteiger partial charge in [-0.15, -0.1) is 0 Å². The standard InChI is InChI=1S/C19H28N2O5/c1-5-25-19(23)21-10-8-20(9-11-21)18(22)15-6-7-17(24-4)16(12-15)13-26-14(2)3/h6-7,12,14H,5,8-11,13H2,1-4H3. The number of carbonyl (C=O) groups is 2. The van der Waals surface area contributed by atoms with Crippen LogP contribution >= 0.6 is 0 Å². The Morgan fingerprint density at radius 2 is 1.77 bits per heavy atom. The van der Waals surface area contributed by atoms with Crippen molar-refractivity contribution in [3.05, 3.63) is 29.3 Å². The molecule has 0 atom stereocenters. The number of rotatable bonds is 6. The van der Waals surface area contributed by atoms with E-state index in [2.05, 4.69) is 0 Å². The molecule has 26 heavy (non-hydrogen) atoms. The smallest absolute Gasteiger partial charge is 0.409 e. The van der Waals surface area contributed by atoms with Crippen LogP contribution in [0, 0.1) is 0 Å². The zero-order chi connectivity index (χ0) is 19.1. The summed E-state index contributed by atoms with van der Waals surface area (Å²) in [6, 6.07) is 5.38. The topological polar surface area (TPSA) is 68.3 Å². The van der Waals surface area contributed by atoms with Crippen LogP contribution in [0.15, 0.2) is 18.2 Å². The van der Waals surface area contributed by atoms with E-state index in [9.17, 15) is 9.59 Å². The molecule has 1 aliphatic rings. The zero-order valence-corrected chi connectivity index (χ0v) is 16.0. The first-order chi connectivity index (χ1) is 12.5. The van der Waals surface area contributed by atoms with Crippen LogP contribution in [0.4, 0.5) is 4.79 Å². The Kier molecular flexibility index (Phi) is 7.26. The Balaban J connectivity index is 2.03. The van der Waals surface area contributed by atoms with Gasteiger partial charge in [0, 0.05) is 37.3 Å². The van der Waals surface area contributed by atoms with E-state index >= 15 is 0 Å². The third kappa shape index (κ3) is 5.11. The predicted octanol–water partition coefficient (Wildman–Crippen LogP) is 2.53. The summed E-state index contributed by atoms with van der Waals surface area (Å²) in [4.78, 5) is 27.9. The monoisotopic (exact) mass is 364 g/mol. The van der Waals surface area contributed by atoms with E-state index in [1.165, 1.54) is 0 Å². The lowest BCUT2D eigenvalue weighted by Crippen LogP contribution is -2.50. The third-order valence-electron chi connectivity index (χ3n) is 4.19. The second-order valence-electron chi connectivity index (χ2n) is 6.36. The van der Waals surface area contributed by atoms with Crippen molar-refractivity contribution >= 4 is 12.0 Å². The van der Waals surface area contributed by atoms with E-state index < -0.39 is 0 Å². The van der Waals surface area contributed by atoms with Crippen molar-refractivity contribution in [2.75, 3.05) is 39.9 Å². The third-order valence-corrected chi connectivity index (χ3v) is 4.19. The molecule has 1 aromatic rings. The molecule has 1 heterocycles. The van der Waals surface area contributed by atoms with Crippen molar-refractivity contribution < 1.29 is 23.8 Å². The van der Waals surface area contributed by atoms with Crippen LogP contribution in [0.3, 0.4) is 0 Å². The van der Waals surface area contributed by atoms with Gasteiger partial charge in [0.2, 0.25) is 0 Å². The Morgan fingerprint density at radius 1 is 1.12 bits per heavy atom. The average molecular weight is 364 g/mol. The molecule has 0 saturated carbocycles. The quantitative estimate of drug-likeness (QED) is 0.776. The molecule has 1 fully saturated rings. The molecule has 1 aromatic carbocycles. The fourth-order valence-corrected chi connectivity index (χ4v) is 2.77. The van der Waals surface area contributed by atoms with Crippen molar-refractivity contribution in [3.63, 3.8) is 0 Å². The summed E-state index contributed by atoms with van der Waals surface area (Å²) in [5.41, 5.74) is 1.44. The normalized spacial score (nSPS) is 14.5. The highest BCUT2D eigenvalue weighted by Crippen LogP contribution is 2.22. The number of piperazine rings is 1. The second-order valence-corrected chi connectivity index (χ2v) is 6.36. The Bertz CT molecular complexity index is 624. The molecule has 0 bridgehead atoms. The molecular formula is C19H28N2O5. The predicted molar refractivity (Wildman–Crippen MR) is 97.4 cm³/mol. The number of hydrogen-bond donors (Lipinski definition) is 0. The summed E-state index contributed by atoms with van der Waals surface area (Å²) < 4.78 is 16.0. The van der Waals surface area contributed by atoms with Gasteiger partial charge in [-0.05, 0) is 39.0 Å². The zero-order valence-electron chi connectivity index (χ0n) is 16.0.